The van der Waals surface area contributed by atoms with Crippen LogP contribution in [0.5, 0.6) is 0 Å². The Kier molecular flexibility index (Phi) is 12.9. The van der Waals surface area contributed by atoms with Crippen LogP contribution in [0.3, 0.4) is 0 Å². The summed E-state index contributed by atoms with van der Waals surface area (Å²) in [4.78, 5) is 79.7. The van der Waals surface area contributed by atoms with E-state index in [1.165, 1.54) is 58.4 Å². The average Bonchev–Trinajstić information content (AvgIpc) is 3.08. The molecule has 2 aromatic carbocycles. The molecule has 2 aliphatic heterocycles. The van der Waals surface area contributed by atoms with Gasteiger partial charge in [0, 0.05) is 76.6 Å². The van der Waals surface area contributed by atoms with Crippen LogP contribution in [-0.4, -0.2) is 117 Å². The number of ether oxygens (including phenoxy) is 2. The minimum absolute atomic E-state index is 0.156. The molecule has 4 amide bonds. The maximum atomic E-state index is 12.8. The van der Waals surface area contributed by atoms with E-state index in [0.717, 1.165) is 11.8 Å². The van der Waals surface area contributed by atoms with Gasteiger partial charge in [-0.2, -0.15) is 0 Å². The molecular weight excluding hydrogens is 708 g/mol. The predicted molar refractivity (Wildman–Crippen MR) is 197 cm³/mol. The summed E-state index contributed by atoms with van der Waals surface area (Å²) in [5.41, 5.74) is -1.09. The molecule has 284 valence electrons. The summed E-state index contributed by atoms with van der Waals surface area (Å²) in [5, 5.41) is 24.1. The Bertz CT molecular complexity index is 1670. The zero-order valence-electron chi connectivity index (χ0n) is 30.6. The predicted octanol–water partition coefficient (Wildman–Crippen LogP) is 5.84. The van der Waals surface area contributed by atoms with Crippen molar-refractivity contribution in [2.45, 2.75) is 62.5 Å². The summed E-state index contributed by atoms with van der Waals surface area (Å²) in [7, 11) is 0. The van der Waals surface area contributed by atoms with Gasteiger partial charge in [0.15, 0.2) is 0 Å². The maximum absolute atomic E-state index is 12.8. The third kappa shape index (κ3) is 11.8. The highest BCUT2D eigenvalue weighted by atomic mass is 32.2. The Balaban J connectivity index is 1.38. The molecule has 0 atom stereocenters. The van der Waals surface area contributed by atoms with Crippen molar-refractivity contribution in [3.63, 3.8) is 0 Å². The van der Waals surface area contributed by atoms with Crippen molar-refractivity contribution in [1.29, 1.82) is 0 Å². The summed E-state index contributed by atoms with van der Waals surface area (Å²) >= 11 is 0.854. The fraction of sp³-hybridized carbons (Fsp3) is 0.444. The molecule has 0 spiro atoms. The fourth-order valence-electron chi connectivity index (χ4n) is 5.27. The molecule has 2 aliphatic rings. The van der Waals surface area contributed by atoms with Crippen molar-refractivity contribution in [2.24, 2.45) is 0 Å². The number of hydrogen-bond donors (Lipinski definition) is 0. The molecule has 0 N–H and O–H groups in total. The minimum Gasteiger partial charge on any atom is -0.444 e. The molecule has 0 bridgehead atoms. The van der Waals surface area contributed by atoms with E-state index in [1.54, 1.807) is 63.5 Å². The summed E-state index contributed by atoms with van der Waals surface area (Å²) in [6.45, 7) is 13.1. The lowest BCUT2D eigenvalue weighted by Gasteiger charge is -2.35. The van der Waals surface area contributed by atoms with E-state index < -0.39 is 33.2 Å². The number of nitrogens with zero attached hydrogens (tertiary/aromatic N) is 6. The molecule has 0 aromatic heterocycles. The quantitative estimate of drug-likeness (QED) is 0.179. The summed E-state index contributed by atoms with van der Waals surface area (Å²) in [6.07, 6.45) is 4.63. The van der Waals surface area contributed by atoms with Gasteiger partial charge >= 0.3 is 12.2 Å². The molecule has 4 rings (SSSR count). The van der Waals surface area contributed by atoms with Gasteiger partial charge in [-0.15, -0.1) is 0 Å². The van der Waals surface area contributed by atoms with Crippen LogP contribution in [0, 0.1) is 20.2 Å². The van der Waals surface area contributed by atoms with E-state index in [0.29, 0.717) is 63.5 Å². The minimum atomic E-state index is -0.630. The molecular formula is C36H44N6O10S. The van der Waals surface area contributed by atoms with Crippen LogP contribution in [0.4, 0.5) is 21.0 Å². The van der Waals surface area contributed by atoms with Crippen LogP contribution in [0.1, 0.15) is 52.7 Å². The largest absolute Gasteiger partial charge is 0.444 e. The number of nitro benzene ring substituents is 2. The van der Waals surface area contributed by atoms with Crippen molar-refractivity contribution < 1.29 is 38.5 Å². The Hall–Kier alpha value is -5.45. The molecule has 53 heavy (non-hydrogen) atoms. The van der Waals surface area contributed by atoms with E-state index in [9.17, 15) is 39.4 Å². The zero-order valence-corrected chi connectivity index (χ0v) is 31.4. The molecule has 2 fully saturated rings. The topological polar surface area (TPSA) is 186 Å². The average molecular weight is 753 g/mol. The summed E-state index contributed by atoms with van der Waals surface area (Å²) in [5.74, 6) is -0.635. The number of hydrogen-bond acceptors (Lipinski definition) is 11. The van der Waals surface area contributed by atoms with Crippen LogP contribution < -0.4 is 0 Å². The van der Waals surface area contributed by atoms with Gasteiger partial charge in [0.1, 0.15) is 11.2 Å². The molecule has 0 saturated carbocycles. The number of nitro groups is 2. The Morgan fingerprint density at radius 1 is 0.604 bits per heavy atom. The van der Waals surface area contributed by atoms with Crippen molar-refractivity contribution in [3.05, 3.63) is 79.9 Å². The third-order valence-electron chi connectivity index (χ3n) is 7.90. The maximum Gasteiger partial charge on any atom is 0.410 e. The van der Waals surface area contributed by atoms with Gasteiger partial charge in [-0.05, 0) is 77.0 Å². The van der Waals surface area contributed by atoms with Crippen LogP contribution in [0.15, 0.2) is 58.3 Å². The number of carbonyl (C=O) groups is 4. The second-order valence-corrected chi connectivity index (χ2v) is 15.4. The van der Waals surface area contributed by atoms with E-state index in [1.807, 2.05) is 0 Å². The van der Waals surface area contributed by atoms with Gasteiger partial charge in [0.2, 0.25) is 11.8 Å². The first-order valence-corrected chi connectivity index (χ1v) is 17.8. The molecule has 2 heterocycles. The number of amides is 4. The SMILES string of the molecule is CC(C)(C)OC(=O)N1CCN(C(=O)/C=C/c2ccc(Sc3ccc(/C=C/C(=O)N4CCN(C(=O)OC(C)(C)C)CC4)cc3[N+](=O)[O-])c([N+](=O)[O-])c2)CC1. The summed E-state index contributed by atoms with van der Waals surface area (Å²) < 4.78 is 10.8. The Morgan fingerprint density at radius 2 is 0.925 bits per heavy atom. The number of rotatable bonds is 8. The van der Waals surface area contributed by atoms with E-state index in [2.05, 4.69) is 0 Å². The standard InChI is InChI=1S/C36H44N6O10S/c1-35(2,3)51-33(45)39-19-15-37(16-20-39)31(43)13-9-25-7-11-29(27(23-25)41(47)48)53-30-12-8-26(24-28(30)42(49)50)10-14-32(44)38-17-21-40(22-18-38)34(46)52-36(4,5)6/h7-14,23-24H,15-22H2,1-6H3/b13-9+,14-10+. The molecule has 0 aliphatic carbocycles. The molecule has 16 nitrogen and oxygen atoms in total. The van der Waals surface area contributed by atoms with Crippen LogP contribution in [-0.2, 0) is 19.1 Å². The summed E-state index contributed by atoms with van der Waals surface area (Å²) in [6, 6.07) is 8.64. The number of piperazine rings is 2. The smallest absolute Gasteiger partial charge is 0.410 e. The van der Waals surface area contributed by atoms with Gasteiger partial charge < -0.3 is 29.1 Å². The van der Waals surface area contributed by atoms with Crippen LogP contribution >= 0.6 is 11.8 Å². The van der Waals surface area contributed by atoms with Gasteiger partial charge in [0.25, 0.3) is 11.4 Å². The second kappa shape index (κ2) is 16.9. The van der Waals surface area contributed by atoms with Crippen LogP contribution in [0.25, 0.3) is 12.2 Å². The highest BCUT2D eigenvalue weighted by Gasteiger charge is 2.29. The lowest BCUT2D eigenvalue weighted by molar-refractivity contribution is -0.388. The second-order valence-electron chi connectivity index (χ2n) is 14.3. The van der Waals surface area contributed by atoms with E-state index in [4.69, 9.17) is 9.47 Å². The van der Waals surface area contributed by atoms with Gasteiger partial charge in [-0.25, -0.2) is 9.59 Å². The molecule has 2 aromatic rings. The Labute approximate surface area is 311 Å². The van der Waals surface area contributed by atoms with Gasteiger partial charge in [-0.3, -0.25) is 29.8 Å². The first kappa shape index (κ1) is 40.3. The first-order chi connectivity index (χ1) is 24.8. The number of carbonyl (C=O) groups excluding carboxylic acids is 4. The molecule has 0 radical (unpaired) electrons. The first-order valence-electron chi connectivity index (χ1n) is 16.9. The Morgan fingerprint density at radius 3 is 1.23 bits per heavy atom. The van der Waals surface area contributed by atoms with Crippen LogP contribution in [0.2, 0.25) is 0 Å². The monoisotopic (exact) mass is 752 g/mol. The highest BCUT2D eigenvalue weighted by molar-refractivity contribution is 7.99. The zero-order chi connectivity index (χ0) is 39.1. The van der Waals surface area contributed by atoms with Crippen molar-refractivity contribution in [2.75, 3.05) is 52.4 Å². The van der Waals surface area contributed by atoms with Gasteiger partial charge in [-0.1, -0.05) is 23.9 Å². The van der Waals surface area contributed by atoms with Crippen molar-refractivity contribution in [3.8, 4) is 0 Å². The lowest BCUT2D eigenvalue weighted by Crippen LogP contribution is -2.51. The van der Waals surface area contributed by atoms with Crippen molar-refractivity contribution in [1.82, 2.24) is 19.6 Å². The number of benzene rings is 2. The lowest BCUT2D eigenvalue weighted by atomic mass is 10.2. The molecule has 2 saturated heterocycles. The van der Waals surface area contributed by atoms with E-state index in [-0.39, 0.29) is 33.0 Å². The molecule has 17 heteroatoms. The van der Waals surface area contributed by atoms with Crippen molar-refractivity contribution >= 4 is 59.3 Å². The third-order valence-corrected chi connectivity index (χ3v) is 9.03. The highest BCUT2D eigenvalue weighted by Crippen LogP contribution is 2.40. The van der Waals surface area contributed by atoms with Gasteiger partial charge in [0.05, 0.1) is 19.6 Å². The fourth-order valence-corrected chi connectivity index (χ4v) is 6.26. The molecule has 0 unspecified atom stereocenters. The normalized spacial score (nSPS) is 15.5. The van der Waals surface area contributed by atoms with E-state index >= 15 is 0 Å².